The van der Waals surface area contributed by atoms with Crippen LogP contribution in [-0.2, 0) is 11.3 Å². The lowest BCUT2D eigenvalue weighted by molar-refractivity contribution is -0.122. The summed E-state index contributed by atoms with van der Waals surface area (Å²) in [4.78, 5) is 41.1. The summed E-state index contributed by atoms with van der Waals surface area (Å²) >= 11 is 0.729. The van der Waals surface area contributed by atoms with E-state index in [-0.39, 0.29) is 22.8 Å². The predicted octanol–water partition coefficient (Wildman–Crippen LogP) is 3.98. The van der Waals surface area contributed by atoms with Gasteiger partial charge in [-0.25, -0.2) is 4.39 Å². The van der Waals surface area contributed by atoms with Crippen LogP contribution in [0.1, 0.15) is 42.9 Å². The Hall–Kier alpha value is -4.77. The number of rotatable bonds is 9. The van der Waals surface area contributed by atoms with E-state index in [1.165, 1.54) is 24.1 Å². The maximum atomic E-state index is 14.1. The zero-order valence-electron chi connectivity index (χ0n) is 21.2. The van der Waals surface area contributed by atoms with Crippen molar-refractivity contribution in [1.29, 1.82) is 0 Å². The molecule has 0 aliphatic carbocycles. The van der Waals surface area contributed by atoms with Gasteiger partial charge in [0, 0.05) is 12.2 Å². The van der Waals surface area contributed by atoms with Gasteiger partial charge in [-0.2, -0.15) is 4.37 Å². The van der Waals surface area contributed by atoms with Gasteiger partial charge in [0.05, 0.1) is 12.8 Å². The molecule has 0 bridgehead atoms. The number of carbonyl (C=O) groups is 3. The summed E-state index contributed by atoms with van der Waals surface area (Å²) in [5.74, 6) is -1.83. The van der Waals surface area contributed by atoms with Gasteiger partial charge in [0.2, 0.25) is 5.91 Å². The number of aromatic nitrogens is 1. The third kappa shape index (κ3) is 5.88. The lowest BCUT2D eigenvalue weighted by Crippen LogP contribution is -2.44. The first kappa shape index (κ1) is 27.3. The molecule has 39 heavy (non-hydrogen) atoms. The van der Waals surface area contributed by atoms with Crippen LogP contribution in [0.15, 0.2) is 72.8 Å². The summed E-state index contributed by atoms with van der Waals surface area (Å²) in [6.07, 6.45) is 0. The van der Waals surface area contributed by atoms with Gasteiger partial charge < -0.3 is 21.5 Å². The number of hydrogen-bond acceptors (Lipinski definition) is 7. The standard InChI is InChI=1S/C28H26FN5O4S/c1-16-5-3-4-6-21(16)34(28(37)25-22(30)23(26(31)35)33-39-25)24(18-9-13-20(38-2)14-10-18)27(36)32-15-17-7-11-19(29)12-8-17/h3-14,24H,15,30H2,1-2H3,(H2,31,35)(H,32,36)/t24-/m0/s1. The monoisotopic (exact) mass is 547 g/mol. The normalized spacial score (nSPS) is 11.5. The highest BCUT2D eigenvalue weighted by atomic mass is 32.1. The molecule has 1 heterocycles. The second-order valence-corrected chi connectivity index (χ2v) is 9.39. The maximum Gasteiger partial charge on any atom is 0.273 e. The topological polar surface area (TPSA) is 141 Å². The third-order valence-electron chi connectivity index (χ3n) is 6.07. The fourth-order valence-electron chi connectivity index (χ4n) is 4.03. The minimum atomic E-state index is -1.16. The molecule has 0 unspecified atom stereocenters. The van der Waals surface area contributed by atoms with Crippen LogP contribution in [0, 0.1) is 12.7 Å². The Kier molecular flexibility index (Phi) is 8.21. The minimum Gasteiger partial charge on any atom is -0.497 e. The molecule has 0 aliphatic heterocycles. The number of methoxy groups -OCH3 is 1. The first-order valence-electron chi connectivity index (χ1n) is 11.8. The number of hydrogen-bond donors (Lipinski definition) is 3. The number of primary amides is 1. The van der Waals surface area contributed by atoms with Crippen molar-refractivity contribution in [1.82, 2.24) is 9.69 Å². The summed E-state index contributed by atoms with van der Waals surface area (Å²) in [5.41, 5.74) is 13.4. The van der Waals surface area contributed by atoms with Crippen LogP contribution in [0.5, 0.6) is 5.75 Å². The molecule has 3 amide bonds. The molecule has 4 rings (SSSR count). The summed E-state index contributed by atoms with van der Waals surface area (Å²) < 4.78 is 22.6. The first-order chi connectivity index (χ1) is 18.7. The van der Waals surface area contributed by atoms with Crippen molar-refractivity contribution in [3.05, 3.63) is 106 Å². The second kappa shape index (κ2) is 11.7. The molecule has 0 fully saturated rings. The van der Waals surface area contributed by atoms with Gasteiger partial charge in [0.25, 0.3) is 11.8 Å². The van der Waals surface area contributed by atoms with Crippen LogP contribution < -0.4 is 26.4 Å². The highest BCUT2D eigenvalue weighted by Gasteiger charge is 2.36. The van der Waals surface area contributed by atoms with Crippen molar-refractivity contribution in [3.63, 3.8) is 0 Å². The fraction of sp³-hybridized carbons (Fsp3) is 0.143. The quantitative estimate of drug-likeness (QED) is 0.289. The van der Waals surface area contributed by atoms with Crippen LogP contribution in [-0.4, -0.2) is 29.2 Å². The molecule has 0 spiro atoms. The summed E-state index contributed by atoms with van der Waals surface area (Å²) in [6.45, 7) is 1.90. The van der Waals surface area contributed by atoms with E-state index >= 15 is 0 Å². The van der Waals surface area contributed by atoms with Gasteiger partial charge >= 0.3 is 0 Å². The predicted molar refractivity (Wildman–Crippen MR) is 147 cm³/mol. The zero-order chi connectivity index (χ0) is 28.1. The summed E-state index contributed by atoms with van der Waals surface area (Å²) in [5, 5.41) is 2.86. The Balaban J connectivity index is 1.83. The molecule has 200 valence electrons. The molecule has 1 atom stereocenters. The highest BCUT2D eigenvalue weighted by Crippen LogP contribution is 2.35. The average Bonchev–Trinajstić information content (AvgIpc) is 3.33. The molecule has 4 aromatic rings. The number of nitrogens with two attached hydrogens (primary N) is 2. The number of nitrogen functional groups attached to an aromatic ring is 1. The molecule has 0 radical (unpaired) electrons. The molecule has 0 aliphatic rings. The SMILES string of the molecule is COc1ccc([C@@H](C(=O)NCc2ccc(F)cc2)N(C(=O)c2snc(C(N)=O)c2N)c2ccccc2C)cc1. The van der Waals surface area contributed by atoms with Crippen LogP contribution in [0.25, 0.3) is 0 Å². The van der Waals surface area contributed by atoms with Crippen molar-refractivity contribution in [2.75, 3.05) is 17.7 Å². The van der Waals surface area contributed by atoms with Crippen LogP contribution in [0.4, 0.5) is 15.8 Å². The van der Waals surface area contributed by atoms with Crippen molar-refractivity contribution >= 4 is 40.6 Å². The van der Waals surface area contributed by atoms with Gasteiger partial charge in [0.15, 0.2) is 5.69 Å². The number of aryl methyl sites for hydroxylation is 1. The number of nitrogens with one attached hydrogen (secondary N) is 1. The first-order valence-corrected chi connectivity index (χ1v) is 12.6. The Morgan fingerprint density at radius 1 is 1.05 bits per heavy atom. The van der Waals surface area contributed by atoms with E-state index in [0.717, 1.165) is 11.5 Å². The summed E-state index contributed by atoms with van der Waals surface area (Å²) in [7, 11) is 1.52. The van der Waals surface area contributed by atoms with Gasteiger partial charge in [-0.05, 0) is 65.5 Å². The van der Waals surface area contributed by atoms with E-state index in [1.807, 2.05) is 19.1 Å². The molecule has 0 saturated carbocycles. The number of para-hydroxylation sites is 1. The van der Waals surface area contributed by atoms with E-state index in [9.17, 15) is 18.8 Å². The highest BCUT2D eigenvalue weighted by molar-refractivity contribution is 7.09. The van der Waals surface area contributed by atoms with Crippen molar-refractivity contribution < 1.29 is 23.5 Å². The molecular formula is C28H26FN5O4S. The van der Waals surface area contributed by atoms with Gasteiger partial charge in [0.1, 0.15) is 22.5 Å². The van der Waals surface area contributed by atoms with E-state index < -0.39 is 29.6 Å². The lowest BCUT2D eigenvalue weighted by atomic mass is 10.0. The van der Waals surface area contributed by atoms with Crippen LogP contribution in [0.3, 0.4) is 0 Å². The number of ether oxygens (including phenoxy) is 1. The van der Waals surface area contributed by atoms with Gasteiger partial charge in [-0.1, -0.05) is 42.5 Å². The molecule has 11 heteroatoms. The number of benzene rings is 3. The average molecular weight is 548 g/mol. The van der Waals surface area contributed by atoms with E-state index in [2.05, 4.69) is 9.69 Å². The Morgan fingerprint density at radius 3 is 2.31 bits per heavy atom. The Bertz CT molecular complexity index is 1510. The molecule has 9 nitrogen and oxygen atoms in total. The number of anilines is 2. The van der Waals surface area contributed by atoms with Crippen molar-refractivity contribution in [2.24, 2.45) is 5.73 Å². The van der Waals surface area contributed by atoms with Gasteiger partial charge in [-0.15, -0.1) is 0 Å². The smallest absolute Gasteiger partial charge is 0.273 e. The second-order valence-electron chi connectivity index (χ2n) is 8.62. The summed E-state index contributed by atoms with van der Waals surface area (Å²) in [6, 6.07) is 18.4. The number of amides is 3. The molecule has 3 aromatic carbocycles. The zero-order valence-corrected chi connectivity index (χ0v) is 22.0. The van der Waals surface area contributed by atoms with Crippen molar-refractivity contribution in [3.8, 4) is 5.75 Å². The number of carbonyl (C=O) groups excluding carboxylic acids is 3. The maximum absolute atomic E-state index is 14.1. The Labute approximate surface area is 228 Å². The fourth-order valence-corrected chi connectivity index (χ4v) is 4.77. The lowest BCUT2D eigenvalue weighted by Gasteiger charge is -2.32. The van der Waals surface area contributed by atoms with Crippen LogP contribution >= 0.6 is 11.5 Å². The van der Waals surface area contributed by atoms with Crippen LogP contribution in [0.2, 0.25) is 0 Å². The molecular weight excluding hydrogens is 521 g/mol. The van der Waals surface area contributed by atoms with E-state index in [1.54, 1.807) is 48.5 Å². The van der Waals surface area contributed by atoms with E-state index in [0.29, 0.717) is 28.1 Å². The number of nitrogens with zero attached hydrogens (tertiary/aromatic N) is 2. The van der Waals surface area contributed by atoms with E-state index in [4.69, 9.17) is 16.2 Å². The van der Waals surface area contributed by atoms with Gasteiger partial charge in [-0.3, -0.25) is 19.3 Å². The minimum absolute atomic E-state index is 0.0306. The number of halogens is 1. The molecule has 5 N–H and O–H groups in total. The molecule has 0 saturated heterocycles. The largest absolute Gasteiger partial charge is 0.497 e. The molecule has 1 aromatic heterocycles. The third-order valence-corrected chi connectivity index (χ3v) is 6.92. The van der Waals surface area contributed by atoms with Crippen molar-refractivity contribution in [2.45, 2.75) is 19.5 Å². The Morgan fingerprint density at radius 2 is 1.72 bits per heavy atom.